The molecule has 4 aromatic heterocycles. The lowest BCUT2D eigenvalue weighted by Crippen LogP contribution is -2.20. The molecule has 0 atom stereocenters. The van der Waals surface area contributed by atoms with Crippen molar-refractivity contribution in [2.24, 2.45) is 5.73 Å². The SMILES string of the molecule is CCn1nc(C)cc1C(=O)Nc1nc2cc(C(N)=O)ccc2n1CCCCn1c(NC(=O)c2cc(C)nn2CC)nc2cccc(OC(C)C)c21. The van der Waals surface area contributed by atoms with Crippen molar-refractivity contribution in [1.29, 1.82) is 0 Å². The van der Waals surface area contributed by atoms with Gasteiger partial charge in [-0.3, -0.25) is 34.4 Å². The van der Waals surface area contributed by atoms with Gasteiger partial charge in [0.25, 0.3) is 11.8 Å². The van der Waals surface area contributed by atoms with E-state index in [0.717, 1.165) is 22.4 Å². The summed E-state index contributed by atoms with van der Waals surface area (Å²) >= 11 is 0. The van der Waals surface area contributed by atoms with Crippen LogP contribution in [0.15, 0.2) is 48.5 Å². The molecule has 0 fully saturated rings. The number of primary amides is 1. The molecule has 0 unspecified atom stereocenters. The van der Waals surface area contributed by atoms with Crippen LogP contribution in [0.25, 0.3) is 22.1 Å². The number of imidazole rings is 2. The van der Waals surface area contributed by atoms with Crippen molar-refractivity contribution in [3.63, 3.8) is 0 Å². The summed E-state index contributed by atoms with van der Waals surface area (Å²) < 4.78 is 13.4. The molecule has 0 aliphatic heterocycles. The molecule has 4 heterocycles. The Labute approximate surface area is 294 Å². The number of carbonyl (C=O) groups excluding carboxylic acids is 3. The molecule has 0 aliphatic rings. The molecule has 6 aromatic rings. The quantitative estimate of drug-likeness (QED) is 0.128. The van der Waals surface area contributed by atoms with Crippen molar-refractivity contribution < 1.29 is 19.1 Å². The predicted octanol–water partition coefficient (Wildman–Crippen LogP) is 5.31. The van der Waals surface area contributed by atoms with Crippen molar-refractivity contribution in [2.75, 3.05) is 10.6 Å². The predicted molar refractivity (Wildman–Crippen MR) is 194 cm³/mol. The van der Waals surface area contributed by atoms with E-state index in [2.05, 4.69) is 20.8 Å². The van der Waals surface area contributed by atoms with Gasteiger partial charge in [-0.15, -0.1) is 0 Å². The number of unbranched alkanes of at least 4 members (excludes halogenated alkanes) is 1. The Hall–Kier alpha value is -5.99. The van der Waals surface area contributed by atoms with E-state index in [-0.39, 0.29) is 17.9 Å². The molecule has 51 heavy (non-hydrogen) atoms. The van der Waals surface area contributed by atoms with Gasteiger partial charge in [0, 0.05) is 31.7 Å². The Bertz CT molecular complexity index is 2260. The largest absolute Gasteiger partial charge is 0.489 e. The topological polar surface area (TPSA) is 182 Å². The van der Waals surface area contributed by atoms with Gasteiger partial charge in [-0.05, 0) is 96.8 Å². The minimum Gasteiger partial charge on any atom is -0.489 e. The van der Waals surface area contributed by atoms with Crippen molar-refractivity contribution in [3.05, 3.63) is 76.9 Å². The standard InChI is InChI=1S/C36H43N11O4/c1-7-46-28(18-22(5)42-46)33(49)40-35-39-26-20-24(32(37)48)14-15-27(26)44(35)16-9-10-17-45-31-25(12-11-13-30(31)51-21(3)4)38-36(45)41-34(50)29-19-23(6)43-47(29)8-2/h11-15,18-21H,7-10,16-17H2,1-6H3,(H2,37,48)(H,38,41,50)(H,39,40,49). The fourth-order valence-corrected chi connectivity index (χ4v) is 6.23. The molecule has 0 saturated heterocycles. The number of carbonyl (C=O) groups is 3. The zero-order valence-electron chi connectivity index (χ0n) is 29.7. The van der Waals surface area contributed by atoms with Gasteiger partial charge in [0.1, 0.15) is 22.7 Å². The van der Waals surface area contributed by atoms with Crippen LogP contribution in [0.5, 0.6) is 5.75 Å². The maximum Gasteiger partial charge on any atom is 0.276 e. The molecule has 2 aromatic carbocycles. The van der Waals surface area contributed by atoms with Gasteiger partial charge in [0.2, 0.25) is 17.8 Å². The number of rotatable bonds is 14. The molecule has 0 saturated carbocycles. The number of amides is 3. The highest BCUT2D eigenvalue weighted by molar-refractivity contribution is 6.04. The van der Waals surface area contributed by atoms with Crippen LogP contribution in [0, 0.1) is 13.8 Å². The van der Waals surface area contributed by atoms with Gasteiger partial charge in [-0.1, -0.05) is 6.07 Å². The highest BCUT2D eigenvalue weighted by Gasteiger charge is 2.22. The monoisotopic (exact) mass is 693 g/mol. The van der Waals surface area contributed by atoms with E-state index in [9.17, 15) is 14.4 Å². The maximum absolute atomic E-state index is 13.5. The second-order valence-electron chi connectivity index (χ2n) is 12.6. The van der Waals surface area contributed by atoms with Crippen LogP contribution in [-0.2, 0) is 26.2 Å². The molecular formula is C36H43N11O4. The summed E-state index contributed by atoms with van der Waals surface area (Å²) in [6.45, 7) is 13.6. The lowest BCUT2D eigenvalue weighted by molar-refractivity contribution is 0.0995. The van der Waals surface area contributed by atoms with Gasteiger partial charge < -0.3 is 19.6 Å². The first-order chi connectivity index (χ1) is 24.5. The van der Waals surface area contributed by atoms with Gasteiger partial charge >= 0.3 is 0 Å². The highest BCUT2D eigenvalue weighted by Crippen LogP contribution is 2.31. The fraction of sp³-hybridized carbons (Fsp3) is 0.361. The first-order valence-electron chi connectivity index (χ1n) is 17.1. The van der Waals surface area contributed by atoms with Crippen LogP contribution in [0.3, 0.4) is 0 Å². The normalized spacial score (nSPS) is 11.5. The Morgan fingerprint density at radius 3 is 1.92 bits per heavy atom. The summed E-state index contributed by atoms with van der Waals surface area (Å²) in [6, 6.07) is 14.2. The van der Waals surface area contributed by atoms with Crippen LogP contribution in [-0.4, -0.2) is 62.5 Å². The van der Waals surface area contributed by atoms with Crippen LogP contribution in [0.4, 0.5) is 11.9 Å². The number of anilines is 2. The molecule has 6 rings (SSSR count). The Balaban J connectivity index is 1.29. The molecule has 3 amide bonds. The molecule has 0 radical (unpaired) electrons. The molecule has 0 aliphatic carbocycles. The van der Waals surface area contributed by atoms with E-state index in [1.807, 2.05) is 68.9 Å². The Kier molecular flexibility index (Phi) is 9.89. The highest BCUT2D eigenvalue weighted by atomic mass is 16.5. The molecule has 15 nitrogen and oxygen atoms in total. The van der Waals surface area contributed by atoms with Gasteiger partial charge in [0.15, 0.2) is 0 Å². The average Bonchev–Trinajstić information content (AvgIpc) is 3.85. The van der Waals surface area contributed by atoms with E-state index in [4.69, 9.17) is 20.4 Å². The zero-order valence-corrected chi connectivity index (χ0v) is 29.7. The van der Waals surface area contributed by atoms with E-state index >= 15 is 0 Å². The summed E-state index contributed by atoms with van der Waals surface area (Å²) in [7, 11) is 0. The van der Waals surface area contributed by atoms with E-state index in [0.29, 0.717) is 84.7 Å². The van der Waals surface area contributed by atoms with Gasteiger partial charge in [0.05, 0.1) is 34.0 Å². The van der Waals surface area contributed by atoms with Crippen molar-refractivity contribution in [1.82, 2.24) is 38.7 Å². The van der Waals surface area contributed by atoms with Gasteiger partial charge in [-0.2, -0.15) is 10.2 Å². The van der Waals surface area contributed by atoms with Crippen LogP contribution >= 0.6 is 0 Å². The first-order valence-corrected chi connectivity index (χ1v) is 17.1. The summed E-state index contributed by atoms with van der Waals surface area (Å²) in [5.41, 5.74) is 11.0. The summed E-state index contributed by atoms with van der Waals surface area (Å²) in [6.07, 6.45) is 1.27. The number of hydrogen-bond donors (Lipinski definition) is 3. The number of aryl methyl sites for hydroxylation is 6. The Morgan fingerprint density at radius 1 is 0.784 bits per heavy atom. The van der Waals surface area contributed by atoms with Gasteiger partial charge in [-0.25, -0.2) is 9.97 Å². The lowest BCUT2D eigenvalue weighted by atomic mass is 10.2. The second kappa shape index (κ2) is 14.5. The van der Waals surface area contributed by atoms with E-state index in [1.54, 1.807) is 39.7 Å². The van der Waals surface area contributed by atoms with Crippen molar-refractivity contribution >= 4 is 51.7 Å². The third-order valence-electron chi connectivity index (χ3n) is 8.46. The lowest BCUT2D eigenvalue weighted by Gasteiger charge is -2.15. The number of nitrogens with one attached hydrogen (secondary N) is 2. The number of nitrogens with zero attached hydrogens (tertiary/aromatic N) is 8. The second-order valence-corrected chi connectivity index (χ2v) is 12.6. The average molecular weight is 694 g/mol. The van der Waals surface area contributed by atoms with Crippen molar-refractivity contribution in [3.8, 4) is 5.75 Å². The van der Waals surface area contributed by atoms with Crippen LogP contribution in [0.2, 0.25) is 0 Å². The number of aromatic nitrogens is 8. The Morgan fingerprint density at radius 2 is 1.35 bits per heavy atom. The summed E-state index contributed by atoms with van der Waals surface area (Å²) in [5, 5.41) is 14.8. The number of fused-ring (bicyclic) bond motifs is 2. The maximum atomic E-state index is 13.5. The number of para-hydroxylation sites is 1. The number of nitrogens with two attached hydrogens (primary N) is 1. The molecule has 266 valence electrons. The van der Waals surface area contributed by atoms with Crippen LogP contribution < -0.4 is 21.1 Å². The smallest absolute Gasteiger partial charge is 0.276 e. The minimum atomic E-state index is -0.565. The summed E-state index contributed by atoms with van der Waals surface area (Å²) in [4.78, 5) is 48.4. The van der Waals surface area contributed by atoms with Crippen molar-refractivity contribution in [2.45, 2.75) is 86.7 Å². The molecule has 0 spiro atoms. The number of hydrogen-bond acceptors (Lipinski definition) is 8. The minimum absolute atomic E-state index is 0.0722. The third kappa shape index (κ3) is 7.18. The van der Waals surface area contributed by atoms with E-state index < -0.39 is 5.91 Å². The number of ether oxygens (including phenoxy) is 1. The fourth-order valence-electron chi connectivity index (χ4n) is 6.23. The third-order valence-corrected chi connectivity index (χ3v) is 8.46. The number of benzene rings is 2. The first kappa shape index (κ1) is 34.9. The zero-order chi connectivity index (χ0) is 36.4. The molecular weight excluding hydrogens is 650 g/mol. The molecule has 0 bridgehead atoms. The van der Waals surface area contributed by atoms with Crippen LogP contribution in [0.1, 0.15) is 83.3 Å². The van der Waals surface area contributed by atoms with E-state index in [1.165, 1.54) is 0 Å². The molecule has 4 N–H and O–H groups in total. The molecule has 15 heteroatoms. The summed E-state index contributed by atoms with van der Waals surface area (Å²) in [5.74, 6) is 0.202.